The quantitative estimate of drug-likeness (QED) is 0.502. The van der Waals surface area contributed by atoms with Crippen LogP contribution in [0.15, 0.2) is 36.0 Å². The fraction of sp³-hybridized carbons (Fsp3) is 0.333. The molecule has 1 aliphatic carbocycles. The SMILES string of the molecule is CC(F)(I)C1=CCC=CC=C1. The zero-order chi connectivity index (χ0) is 8.32. The predicted molar refractivity (Wildman–Crippen MR) is 54.5 cm³/mol. The first-order chi connectivity index (χ1) is 5.11. The molecule has 60 valence electrons. The fourth-order valence-electron chi connectivity index (χ4n) is 0.905. The maximum Gasteiger partial charge on any atom is 0.183 e. The van der Waals surface area contributed by atoms with Crippen molar-refractivity contribution in [3.8, 4) is 0 Å². The lowest BCUT2D eigenvalue weighted by Crippen LogP contribution is -2.08. The van der Waals surface area contributed by atoms with Crippen LogP contribution in [0.4, 0.5) is 4.39 Å². The minimum absolute atomic E-state index is 0.753. The van der Waals surface area contributed by atoms with Crippen LogP contribution >= 0.6 is 22.6 Å². The lowest BCUT2D eigenvalue weighted by molar-refractivity contribution is 0.395. The molecule has 11 heavy (non-hydrogen) atoms. The Morgan fingerprint density at radius 2 is 2.27 bits per heavy atom. The monoisotopic (exact) mass is 264 g/mol. The Balaban J connectivity index is 2.81. The molecule has 2 heteroatoms. The average Bonchev–Trinajstić information content (AvgIpc) is 2.10. The van der Waals surface area contributed by atoms with Gasteiger partial charge in [-0.25, -0.2) is 4.39 Å². The Morgan fingerprint density at radius 3 is 2.91 bits per heavy atom. The summed E-state index contributed by atoms with van der Waals surface area (Å²) in [6.45, 7) is 1.56. The van der Waals surface area contributed by atoms with E-state index in [1.807, 2.05) is 30.4 Å². The van der Waals surface area contributed by atoms with Gasteiger partial charge in [0.2, 0.25) is 0 Å². The highest BCUT2D eigenvalue weighted by molar-refractivity contribution is 14.1. The lowest BCUT2D eigenvalue weighted by atomic mass is 10.1. The van der Waals surface area contributed by atoms with Crippen LogP contribution in [-0.2, 0) is 0 Å². The van der Waals surface area contributed by atoms with Crippen molar-refractivity contribution < 1.29 is 4.39 Å². The number of hydrogen-bond donors (Lipinski definition) is 0. The third-order valence-corrected chi connectivity index (χ3v) is 2.13. The first-order valence-electron chi connectivity index (χ1n) is 3.52. The predicted octanol–water partition coefficient (Wildman–Crippen LogP) is 3.55. The summed E-state index contributed by atoms with van der Waals surface area (Å²) < 4.78 is 12.1. The molecule has 1 rings (SSSR count). The highest BCUT2D eigenvalue weighted by Gasteiger charge is 2.21. The topological polar surface area (TPSA) is 0 Å². The van der Waals surface area contributed by atoms with Crippen molar-refractivity contribution in [2.75, 3.05) is 0 Å². The number of hydrogen-bond acceptors (Lipinski definition) is 0. The van der Waals surface area contributed by atoms with E-state index in [-0.39, 0.29) is 0 Å². The fourth-order valence-corrected chi connectivity index (χ4v) is 1.30. The number of rotatable bonds is 1. The Morgan fingerprint density at radius 1 is 1.55 bits per heavy atom. The molecular formula is C9H10FI. The Hall–Kier alpha value is -0.120. The summed E-state index contributed by atoms with van der Waals surface area (Å²) in [5.74, 6) is 0. The third kappa shape index (κ3) is 2.77. The maximum atomic E-state index is 13.3. The maximum absolute atomic E-state index is 13.3. The van der Waals surface area contributed by atoms with Crippen LogP contribution in [-0.4, -0.2) is 3.68 Å². The minimum atomic E-state index is -1.24. The van der Waals surface area contributed by atoms with Crippen molar-refractivity contribution >= 4 is 22.6 Å². The van der Waals surface area contributed by atoms with Gasteiger partial charge in [-0.15, -0.1) is 0 Å². The van der Waals surface area contributed by atoms with Crippen LogP contribution in [0.1, 0.15) is 13.3 Å². The second-order valence-electron chi connectivity index (χ2n) is 2.57. The largest absolute Gasteiger partial charge is 0.227 e. The van der Waals surface area contributed by atoms with Gasteiger partial charge in [0.25, 0.3) is 0 Å². The molecule has 0 fully saturated rings. The van der Waals surface area contributed by atoms with Gasteiger partial charge in [0, 0.05) is 0 Å². The molecule has 1 aliphatic rings. The molecule has 0 bridgehead atoms. The van der Waals surface area contributed by atoms with E-state index in [4.69, 9.17) is 0 Å². The molecule has 0 aromatic heterocycles. The Labute approximate surface area is 80.0 Å². The van der Waals surface area contributed by atoms with Gasteiger partial charge in [-0.05, 0) is 41.5 Å². The summed E-state index contributed by atoms with van der Waals surface area (Å²) in [4.78, 5) is 0. The first-order valence-corrected chi connectivity index (χ1v) is 4.60. The summed E-state index contributed by atoms with van der Waals surface area (Å²) in [6.07, 6.45) is 10.4. The average molecular weight is 264 g/mol. The Kier molecular flexibility index (Phi) is 2.87. The highest BCUT2D eigenvalue weighted by atomic mass is 127. The van der Waals surface area contributed by atoms with E-state index in [0.717, 1.165) is 12.0 Å². The van der Waals surface area contributed by atoms with Crippen LogP contribution in [0.3, 0.4) is 0 Å². The van der Waals surface area contributed by atoms with Crippen LogP contribution < -0.4 is 0 Å². The van der Waals surface area contributed by atoms with Crippen molar-refractivity contribution in [2.45, 2.75) is 17.0 Å². The zero-order valence-electron chi connectivity index (χ0n) is 6.35. The molecule has 0 aromatic carbocycles. The smallest absolute Gasteiger partial charge is 0.183 e. The second kappa shape index (κ2) is 3.52. The van der Waals surface area contributed by atoms with Gasteiger partial charge < -0.3 is 0 Å². The van der Waals surface area contributed by atoms with Gasteiger partial charge in [-0.3, -0.25) is 0 Å². The van der Waals surface area contributed by atoms with E-state index in [0.29, 0.717) is 0 Å². The van der Waals surface area contributed by atoms with E-state index in [2.05, 4.69) is 0 Å². The molecule has 0 heterocycles. The molecule has 1 unspecified atom stereocenters. The summed E-state index contributed by atoms with van der Waals surface area (Å²) in [5, 5.41) is 0. The molecule has 0 saturated heterocycles. The van der Waals surface area contributed by atoms with E-state index in [1.54, 1.807) is 29.5 Å². The number of alkyl halides is 2. The number of allylic oxidation sites excluding steroid dienone is 6. The van der Waals surface area contributed by atoms with Crippen molar-refractivity contribution in [3.05, 3.63) is 36.0 Å². The molecule has 0 spiro atoms. The zero-order valence-corrected chi connectivity index (χ0v) is 8.51. The van der Waals surface area contributed by atoms with Gasteiger partial charge >= 0.3 is 0 Å². The molecule has 0 radical (unpaired) electrons. The van der Waals surface area contributed by atoms with Crippen molar-refractivity contribution in [1.29, 1.82) is 0 Å². The van der Waals surface area contributed by atoms with E-state index in [9.17, 15) is 4.39 Å². The standard InChI is InChI=1S/C9H10FI/c1-9(10,11)8-6-4-2-3-5-7-8/h2-4,6-7H,5H2,1H3. The van der Waals surface area contributed by atoms with Crippen LogP contribution in [0.25, 0.3) is 0 Å². The molecule has 0 aliphatic heterocycles. The summed E-state index contributed by atoms with van der Waals surface area (Å²) in [7, 11) is 0. The minimum Gasteiger partial charge on any atom is -0.227 e. The third-order valence-electron chi connectivity index (χ3n) is 1.50. The summed E-state index contributed by atoms with van der Waals surface area (Å²) in [5.41, 5.74) is 0.753. The van der Waals surface area contributed by atoms with E-state index in [1.165, 1.54) is 0 Å². The van der Waals surface area contributed by atoms with Crippen LogP contribution in [0, 0.1) is 0 Å². The van der Waals surface area contributed by atoms with Gasteiger partial charge in [-0.2, -0.15) is 0 Å². The molecule has 0 amide bonds. The van der Waals surface area contributed by atoms with Crippen molar-refractivity contribution in [3.63, 3.8) is 0 Å². The van der Waals surface area contributed by atoms with Crippen molar-refractivity contribution in [2.24, 2.45) is 0 Å². The summed E-state index contributed by atoms with van der Waals surface area (Å²) in [6, 6.07) is 0. The van der Waals surface area contributed by atoms with Gasteiger partial charge in [-0.1, -0.05) is 30.4 Å². The molecule has 0 aromatic rings. The molecule has 0 saturated carbocycles. The van der Waals surface area contributed by atoms with Gasteiger partial charge in [0.1, 0.15) is 0 Å². The normalized spacial score (nSPS) is 22.3. The highest BCUT2D eigenvalue weighted by Crippen LogP contribution is 2.31. The van der Waals surface area contributed by atoms with Crippen molar-refractivity contribution in [1.82, 2.24) is 0 Å². The Bertz CT molecular complexity index is 218. The van der Waals surface area contributed by atoms with Crippen LogP contribution in [0.5, 0.6) is 0 Å². The molecule has 0 nitrogen and oxygen atoms in total. The van der Waals surface area contributed by atoms with E-state index < -0.39 is 3.68 Å². The molecule has 0 N–H and O–H groups in total. The second-order valence-corrected chi connectivity index (χ2v) is 4.60. The van der Waals surface area contributed by atoms with Crippen LogP contribution in [0.2, 0.25) is 0 Å². The van der Waals surface area contributed by atoms with E-state index >= 15 is 0 Å². The van der Waals surface area contributed by atoms with Gasteiger partial charge in [0.15, 0.2) is 3.68 Å². The molecule has 1 atom stereocenters. The van der Waals surface area contributed by atoms with Gasteiger partial charge in [0.05, 0.1) is 0 Å². The number of halogens is 2. The molecular weight excluding hydrogens is 254 g/mol. The first kappa shape index (κ1) is 8.97. The summed E-state index contributed by atoms with van der Waals surface area (Å²) >= 11 is 1.80. The lowest BCUT2D eigenvalue weighted by Gasteiger charge is -2.12.